The molecule has 0 aliphatic rings. The van der Waals surface area contributed by atoms with E-state index in [4.69, 9.17) is 17.5 Å². The molecule has 7 heavy (non-hydrogen) atoms. The molecule has 4 nitrogen and oxygen atoms in total. The van der Waals surface area contributed by atoms with Crippen molar-refractivity contribution in [3.63, 3.8) is 0 Å². The molecule has 0 fully saturated rings. The zero-order valence-electron chi connectivity index (χ0n) is 3.16. The zero-order chi connectivity index (χ0) is 4.50. The molecule has 0 radical (unpaired) electrons. The number of hydrogen-bond donors (Lipinski definition) is 0. The third-order valence-electron chi connectivity index (χ3n) is 0. The Morgan fingerprint density at radius 3 is 1.14 bits per heavy atom. The van der Waals surface area contributed by atoms with Gasteiger partial charge in [-0.3, -0.25) is 8.42 Å². The van der Waals surface area contributed by atoms with Crippen molar-refractivity contribution < 1.29 is 38.6 Å². The van der Waals surface area contributed by atoms with Crippen LogP contribution in [0.1, 0.15) is 0 Å². The topological polar surface area (TPSA) is 80.3 Å². The van der Waals surface area contributed by atoms with Gasteiger partial charge in [-0.25, -0.2) is 0 Å². The van der Waals surface area contributed by atoms with Crippen LogP contribution in [-0.4, -0.2) is 40.6 Å². The Balaban J connectivity index is -0.0000000800. The Kier molecular flexibility index (Phi) is 12.3. The second-order valence-electron chi connectivity index (χ2n) is 0.408. The van der Waals surface area contributed by atoms with Gasteiger partial charge in [0.15, 0.2) is 0 Å². The summed E-state index contributed by atoms with van der Waals surface area (Å²) in [6, 6.07) is 0. The maximum atomic E-state index is 8.52. The van der Waals surface area contributed by atoms with Crippen molar-refractivity contribution in [3.8, 4) is 0 Å². The van der Waals surface area contributed by atoms with Crippen LogP contribution in [-0.2, 0) is 31.5 Å². The molecule has 0 heterocycles. The summed E-state index contributed by atoms with van der Waals surface area (Å²) in [7, 11) is -5.17. The van der Waals surface area contributed by atoms with Gasteiger partial charge in [-0.2, -0.15) is 0 Å². The molecule has 0 bridgehead atoms. The molecule has 0 amide bonds. The third kappa shape index (κ3) is 118. The van der Waals surface area contributed by atoms with Crippen molar-refractivity contribution in [2.75, 3.05) is 0 Å². The first-order valence-electron chi connectivity index (χ1n) is 0.667. The average Bonchev–Trinajstić information content (AvgIpc) is 0.722. The van der Waals surface area contributed by atoms with Crippen LogP contribution in [0, 0.1) is 0 Å². The molecule has 0 unspecified atom stereocenters. The SMILES string of the molecule is O=S(=O)([O-])[O-].[Mg+2].[Mo]. The van der Waals surface area contributed by atoms with Crippen molar-refractivity contribution in [2.24, 2.45) is 0 Å². The number of hydrogen-bond acceptors (Lipinski definition) is 4. The first-order valence-corrected chi connectivity index (χ1v) is 2.00. The van der Waals surface area contributed by atoms with Gasteiger partial charge in [0.1, 0.15) is 0 Å². The smallest absolute Gasteiger partial charge is 0.759 e. The summed E-state index contributed by atoms with van der Waals surface area (Å²) in [5, 5.41) is 0. The first kappa shape index (κ1) is 15.8. The molecular weight excluding hydrogens is 216 g/mol. The van der Waals surface area contributed by atoms with E-state index in [0.29, 0.717) is 0 Å². The minimum Gasteiger partial charge on any atom is -0.759 e. The van der Waals surface area contributed by atoms with E-state index < -0.39 is 10.4 Å². The van der Waals surface area contributed by atoms with Crippen LogP contribution in [0.5, 0.6) is 0 Å². The van der Waals surface area contributed by atoms with E-state index in [1.165, 1.54) is 0 Å². The second-order valence-corrected chi connectivity index (χ2v) is 1.22. The van der Waals surface area contributed by atoms with Gasteiger partial charge in [0.05, 0.1) is 0 Å². The molecule has 0 rings (SSSR count). The van der Waals surface area contributed by atoms with Gasteiger partial charge < -0.3 is 9.11 Å². The van der Waals surface area contributed by atoms with Crippen LogP contribution in [0.15, 0.2) is 0 Å². The van der Waals surface area contributed by atoms with Crippen molar-refractivity contribution in [1.82, 2.24) is 0 Å². The van der Waals surface area contributed by atoms with Crippen LogP contribution in [0.4, 0.5) is 0 Å². The minimum absolute atomic E-state index is 0. The van der Waals surface area contributed by atoms with Crippen LogP contribution in [0.3, 0.4) is 0 Å². The molecule has 38 valence electrons. The Labute approximate surface area is 71.7 Å². The van der Waals surface area contributed by atoms with E-state index in [9.17, 15) is 0 Å². The first-order chi connectivity index (χ1) is 2.00. The van der Waals surface area contributed by atoms with E-state index >= 15 is 0 Å². The maximum absolute atomic E-state index is 8.52. The van der Waals surface area contributed by atoms with Crippen molar-refractivity contribution in [3.05, 3.63) is 0 Å². The molecule has 0 aromatic rings. The van der Waals surface area contributed by atoms with E-state index in [-0.39, 0.29) is 44.1 Å². The van der Waals surface area contributed by atoms with Gasteiger partial charge in [-0.15, -0.1) is 0 Å². The molecule has 0 saturated heterocycles. The quantitative estimate of drug-likeness (QED) is 0.274. The third-order valence-corrected chi connectivity index (χ3v) is 0. The van der Waals surface area contributed by atoms with E-state index in [0.717, 1.165) is 0 Å². The molecule has 0 atom stereocenters. The number of rotatable bonds is 0. The van der Waals surface area contributed by atoms with Gasteiger partial charge in [-0.05, 0) is 0 Å². The van der Waals surface area contributed by atoms with E-state index in [1.54, 1.807) is 0 Å². The van der Waals surface area contributed by atoms with Crippen molar-refractivity contribution >= 4 is 33.5 Å². The summed E-state index contributed by atoms with van der Waals surface area (Å²) in [6.45, 7) is 0. The average molecular weight is 216 g/mol. The summed E-state index contributed by atoms with van der Waals surface area (Å²) < 4.78 is 34.1. The summed E-state index contributed by atoms with van der Waals surface area (Å²) in [5.74, 6) is 0. The maximum Gasteiger partial charge on any atom is 2.00 e. The molecule has 0 saturated carbocycles. The van der Waals surface area contributed by atoms with Crippen molar-refractivity contribution in [1.29, 1.82) is 0 Å². The van der Waals surface area contributed by atoms with Crippen LogP contribution in [0.25, 0.3) is 0 Å². The molecule has 0 aromatic carbocycles. The molecule has 0 spiro atoms. The molecule has 7 heteroatoms. The molecule has 0 aliphatic carbocycles. The van der Waals surface area contributed by atoms with Gasteiger partial charge in [-0.1, -0.05) is 0 Å². The Bertz CT molecular complexity index is 94.9. The summed E-state index contributed by atoms with van der Waals surface area (Å²) >= 11 is 0. The van der Waals surface area contributed by atoms with Gasteiger partial charge in [0.2, 0.25) is 0 Å². The largest absolute Gasteiger partial charge is 2.00 e. The normalized spacial score (nSPS) is 8.29. The fourth-order valence-corrected chi connectivity index (χ4v) is 0. The predicted molar refractivity (Wildman–Crippen MR) is 16.2 cm³/mol. The molecule has 0 aromatic heterocycles. The molecular formula is MgMoO4S. The van der Waals surface area contributed by atoms with Gasteiger partial charge in [0, 0.05) is 31.5 Å². The summed E-state index contributed by atoms with van der Waals surface area (Å²) in [4.78, 5) is 0. The Hall–Kier alpha value is 1.32. The second kappa shape index (κ2) is 5.46. The van der Waals surface area contributed by atoms with Crippen LogP contribution >= 0.6 is 0 Å². The fraction of sp³-hybridized carbons (Fsp3) is 0. The molecule has 0 aliphatic heterocycles. The van der Waals surface area contributed by atoms with Gasteiger partial charge in [0.25, 0.3) is 0 Å². The van der Waals surface area contributed by atoms with E-state index in [2.05, 4.69) is 0 Å². The summed E-state index contributed by atoms with van der Waals surface area (Å²) in [6.07, 6.45) is 0. The Morgan fingerprint density at radius 2 is 1.14 bits per heavy atom. The van der Waals surface area contributed by atoms with Crippen LogP contribution in [0.2, 0.25) is 0 Å². The summed E-state index contributed by atoms with van der Waals surface area (Å²) in [5.41, 5.74) is 0. The minimum atomic E-state index is -5.17. The zero-order valence-corrected chi connectivity index (χ0v) is 7.39. The van der Waals surface area contributed by atoms with Crippen molar-refractivity contribution in [2.45, 2.75) is 0 Å². The van der Waals surface area contributed by atoms with Crippen LogP contribution < -0.4 is 0 Å². The molecule has 0 N–H and O–H groups in total. The standard InChI is InChI=1S/Mg.Mo.H2O4S/c;;1-5(2,3)4/h;;(H2,1,2,3,4)/q+2;;/p-2. The predicted octanol–water partition coefficient (Wildman–Crippen LogP) is -1.72. The van der Waals surface area contributed by atoms with E-state index in [1.807, 2.05) is 0 Å². The fourth-order valence-electron chi connectivity index (χ4n) is 0. The Morgan fingerprint density at radius 1 is 1.14 bits per heavy atom. The van der Waals surface area contributed by atoms with Gasteiger partial charge >= 0.3 is 23.1 Å². The monoisotopic (exact) mass is 218 g/mol.